The molecule has 1 aliphatic carbocycles. The number of hydrogen-bond donors (Lipinski definition) is 3. The van der Waals surface area contributed by atoms with E-state index in [4.69, 9.17) is 9.73 Å². The van der Waals surface area contributed by atoms with E-state index in [2.05, 4.69) is 29.7 Å². The molecule has 0 spiro atoms. The van der Waals surface area contributed by atoms with Crippen LogP contribution in [-0.4, -0.2) is 43.9 Å². The summed E-state index contributed by atoms with van der Waals surface area (Å²) >= 11 is 0. The second kappa shape index (κ2) is 14.2. The van der Waals surface area contributed by atoms with E-state index in [-0.39, 0.29) is 36.0 Å². The number of nitrogens with zero attached hydrogens (tertiary/aromatic N) is 1. The second-order valence-electron chi connectivity index (χ2n) is 7.19. The first-order valence-corrected chi connectivity index (χ1v) is 10.0. The van der Waals surface area contributed by atoms with E-state index in [1.807, 2.05) is 18.2 Å². The molecule has 0 aromatic heterocycles. The minimum absolute atomic E-state index is 0. The van der Waals surface area contributed by atoms with Crippen LogP contribution in [0, 0.1) is 5.41 Å². The maximum absolute atomic E-state index is 9.45. The van der Waals surface area contributed by atoms with Gasteiger partial charge in [-0.15, -0.1) is 24.0 Å². The molecule has 2 rings (SSSR count). The zero-order valence-electron chi connectivity index (χ0n) is 16.6. The molecular formula is C21H36IN3O2. The van der Waals surface area contributed by atoms with Gasteiger partial charge in [0.1, 0.15) is 0 Å². The Bertz CT molecular complexity index is 514. The average Bonchev–Trinajstić information content (AvgIpc) is 2.67. The van der Waals surface area contributed by atoms with Gasteiger partial charge in [-0.1, -0.05) is 49.6 Å². The smallest absolute Gasteiger partial charge is 0.191 e. The Hall–Kier alpha value is -0.860. The molecule has 0 heterocycles. The van der Waals surface area contributed by atoms with Crippen LogP contribution in [0.4, 0.5) is 0 Å². The highest BCUT2D eigenvalue weighted by Crippen LogP contribution is 2.39. The third-order valence-corrected chi connectivity index (χ3v) is 5.12. The fraction of sp³-hybridized carbons (Fsp3) is 0.667. The number of rotatable bonds is 10. The Kier molecular flexibility index (Phi) is 12.7. The molecule has 1 aromatic carbocycles. The van der Waals surface area contributed by atoms with Crippen LogP contribution in [0.1, 0.15) is 51.0 Å². The van der Waals surface area contributed by atoms with Crippen molar-refractivity contribution < 1.29 is 9.84 Å². The van der Waals surface area contributed by atoms with E-state index in [1.54, 1.807) is 0 Å². The Morgan fingerprint density at radius 3 is 2.56 bits per heavy atom. The van der Waals surface area contributed by atoms with Gasteiger partial charge in [-0.3, -0.25) is 4.99 Å². The minimum Gasteiger partial charge on any atom is -0.396 e. The summed E-state index contributed by atoms with van der Waals surface area (Å²) in [5.74, 6) is 0.846. The predicted molar refractivity (Wildman–Crippen MR) is 123 cm³/mol. The summed E-state index contributed by atoms with van der Waals surface area (Å²) in [7, 11) is 0. The summed E-state index contributed by atoms with van der Waals surface area (Å²) in [6, 6.07) is 10.2. The first-order chi connectivity index (χ1) is 12.8. The molecule has 0 saturated heterocycles. The molecule has 0 amide bonds. The van der Waals surface area contributed by atoms with Crippen molar-refractivity contribution in [3.8, 4) is 0 Å². The lowest BCUT2D eigenvalue weighted by molar-refractivity contribution is 0.125. The van der Waals surface area contributed by atoms with E-state index < -0.39 is 0 Å². The Morgan fingerprint density at radius 1 is 1.15 bits per heavy atom. The van der Waals surface area contributed by atoms with Crippen molar-refractivity contribution in [2.24, 2.45) is 10.4 Å². The van der Waals surface area contributed by atoms with E-state index >= 15 is 0 Å². The molecule has 0 unspecified atom stereocenters. The number of guanidine groups is 1. The standard InChI is InChI=1S/C21H35N3O2.HI/c1-2-22-20(23-14-16-26-17-19-9-5-3-6-10-19)24-18-21(13-15-25)11-7-4-8-12-21;/h3,5-6,9-10,25H,2,4,7-8,11-18H2,1H3,(H2,22,23,24);1H. The fourth-order valence-electron chi connectivity index (χ4n) is 3.62. The van der Waals surface area contributed by atoms with Crippen LogP contribution in [-0.2, 0) is 11.3 Å². The molecule has 6 heteroatoms. The lowest BCUT2D eigenvalue weighted by Gasteiger charge is -2.35. The van der Waals surface area contributed by atoms with Crippen molar-refractivity contribution in [3.63, 3.8) is 0 Å². The van der Waals surface area contributed by atoms with E-state index in [1.165, 1.54) is 37.7 Å². The SMILES string of the molecule is CCNC(=NCC1(CCO)CCCCC1)NCCOCc1ccccc1.I. The molecule has 0 bridgehead atoms. The quantitative estimate of drug-likeness (QED) is 0.203. The van der Waals surface area contributed by atoms with Crippen LogP contribution >= 0.6 is 24.0 Å². The number of benzene rings is 1. The highest BCUT2D eigenvalue weighted by atomic mass is 127. The lowest BCUT2D eigenvalue weighted by Crippen LogP contribution is -2.40. The molecule has 1 saturated carbocycles. The van der Waals surface area contributed by atoms with E-state index in [9.17, 15) is 5.11 Å². The van der Waals surface area contributed by atoms with Gasteiger partial charge in [0.2, 0.25) is 0 Å². The Morgan fingerprint density at radius 2 is 1.89 bits per heavy atom. The molecule has 154 valence electrons. The maximum Gasteiger partial charge on any atom is 0.191 e. The first kappa shape index (κ1) is 24.2. The average molecular weight is 489 g/mol. The molecule has 0 aliphatic heterocycles. The molecule has 5 nitrogen and oxygen atoms in total. The van der Waals surface area contributed by atoms with Gasteiger partial charge >= 0.3 is 0 Å². The Labute approximate surface area is 181 Å². The molecule has 1 aromatic rings. The van der Waals surface area contributed by atoms with Gasteiger partial charge < -0.3 is 20.5 Å². The monoisotopic (exact) mass is 489 g/mol. The Balaban J connectivity index is 0.00000364. The minimum atomic E-state index is 0. The maximum atomic E-state index is 9.45. The number of ether oxygens (including phenoxy) is 1. The number of nitrogens with one attached hydrogen (secondary N) is 2. The van der Waals surface area contributed by atoms with Crippen molar-refractivity contribution in [3.05, 3.63) is 35.9 Å². The van der Waals surface area contributed by atoms with Crippen molar-refractivity contribution in [2.45, 2.75) is 52.1 Å². The zero-order valence-corrected chi connectivity index (χ0v) is 18.9. The molecule has 1 aliphatic rings. The third kappa shape index (κ3) is 9.25. The van der Waals surface area contributed by atoms with E-state index in [0.29, 0.717) is 13.2 Å². The number of aliphatic hydroxyl groups excluding tert-OH is 1. The first-order valence-electron chi connectivity index (χ1n) is 10.0. The van der Waals surface area contributed by atoms with E-state index in [0.717, 1.165) is 32.0 Å². The lowest BCUT2D eigenvalue weighted by atomic mass is 9.72. The van der Waals surface area contributed by atoms with Gasteiger partial charge in [0.05, 0.1) is 13.2 Å². The highest BCUT2D eigenvalue weighted by molar-refractivity contribution is 14.0. The van der Waals surface area contributed by atoms with Crippen molar-refractivity contribution in [1.29, 1.82) is 0 Å². The van der Waals surface area contributed by atoms with Gasteiger partial charge in [0, 0.05) is 26.2 Å². The summed E-state index contributed by atoms with van der Waals surface area (Å²) in [5.41, 5.74) is 1.37. The number of hydrogen-bond acceptors (Lipinski definition) is 3. The number of aliphatic hydroxyl groups is 1. The molecule has 27 heavy (non-hydrogen) atoms. The molecule has 0 radical (unpaired) electrons. The van der Waals surface area contributed by atoms with Gasteiger partial charge in [-0.2, -0.15) is 0 Å². The molecule has 1 fully saturated rings. The number of halogens is 1. The van der Waals surface area contributed by atoms with Gasteiger partial charge in [-0.05, 0) is 37.2 Å². The van der Waals surface area contributed by atoms with Gasteiger partial charge in [0.25, 0.3) is 0 Å². The summed E-state index contributed by atoms with van der Waals surface area (Å²) in [6.45, 7) is 5.96. The van der Waals surface area contributed by atoms with Crippen molar-refractivity contribution in [1.82, 2.24) is 10.6 Å². The van der Waals surface area contributed by atoms with Crippen LogP contribution in [0.25, 0.3) is 0 Å². The third-order valence-electron chi connectivity index (χ3n) is 5.12. The summed E-state index contributed by atoms with van der Waals surface area (Å²) in [6.07, 6.45) is 7.04. The highest BCUT2D eigenvalue weighted by Gasteiger charge is 2.31. The van der Waals surface area contributed by atoms with Crippen LogP contribution in [0.15, 0.2) is 35.3 Å². The molecule has 3 N–H and O–H groups in total. The zero-order chi connectivity index (χ0) is 18.5. The van der Waals surface area contributed by atoms with Crippen LogP contribution in [0.5, 0.6) is 0 Å². The topological polar surface area (TPSA) is 65.9 Å². The van der Waals surface area contributed by atoms with Crippen LogP contribution < -0.4 is 10.6 Å². The molecule has 0 atom stereocenters. The normalized spacial score (nSPS) is 16.4. The molecular weight excluding hydrogens is 453 g/mol. The van der Waals surface area contributed by atoms with Gasteiger partial charge in [-0.25, -0.2) is 0 Å². The van der Waals surface area contributed by atoms with Crippen LogP contribution in [0.3, 0.4) is 0 Å². The second-order valence-corrected chi connectivity index (χ2v) is 7.19. The van der Waals surface area contributed by atoms with Gasteiger partial charge in [0.15, 0.2) is 5.96 Å². The summed E-state index contributed by atoms with van der Waals surface area (Å²) < 4.78 is 5.72. The summed E-state index contributed by atoms with van der Waals surface area (Å²) in [5, 5.41) is 16.1. The predicted octanol–water partition coefficient (Wildman–Crippen LogP) is 3.71. The van der Waals surface area contributed by atoms with Crippen molar-refractivity contribution in [2.75, 3.05) is 32.8 Å². The van der Waals surface area contributed by atoms with Crippen LogP contribution in [0.2, 0.25) is 0 Å². The van der Waals surface area contributed by atoms with Crippen molar-refractivity contribution >= 4 is 29.9 Å². The summed E-state index contributed by atoms with van der Waals surface area (Å²) in [4.78, 5) is 4.81. The largest absolute Gasteiger partial charge is 0.396 e. The number of aliphatic imine (C=N–C) groups is 1. The fourth-order valence-corrected chi connectivity index (χ4v) is 3.62.